The van der Waals surface area contributed by atoms with Gasteiger partial charge in [-0.2, -0.15) is 9.57 Å². The largest absolute Gasteiger partial charge is 0.480 e. The summed E-state index contributed by atoms with van der Waals surface area (Å²) >= 11 is 0. The molecule has 0 radical (unpaired) electrons. The van der Waals surface area contributed by atoms with Crippen LogP contribution in [0.2, 0.25) is 0 Å². The van der Waals surface area contributed by atoms with Crippen LogP contribution in [0.4, 0.5) is 0 Å². The van der Waals surface area contributed by atoms with Crippen LogP contribution in [0.15, 0.2) is 23.2 Å². The lowest BCUT2D eigenvalue weighted by molar-refractivity contribution is -0.141. The molecule has 2 heterocycles. The quantitative estimate of drug-likeness (QED) is 0.866. The van der Waals surface area contributed by atoms with Crippen molar-refractivity contribution < 1.29 is 18.3 Å². The van der Waals surface area contributed by atoms with E-state index in [1.165, 1.54) is 12.1 Å². The van der Waals surface area contributed by atoms with E-state index in [0.29, 0.717) is 6.42 Å². The summed E-state index contributed by atoms with van der Waals surface area (Å²) in [7, 11) is -3.91. The second kappa shape index (κ2) is 5.19. The monoisotopic (exact) mass is 295 g/mol. The molecule has 1 aromatic heterocycles. The average molecular weight is 295 g/mol. The van der Waals surface area contributed by atoms with Crippen LogP contribution in [0.1, 0.15) is 19.0 Å². The summed E-state index contributed by atoms with van der Waals surface area (Å²) in [6.07, 6.45) is 1.58. The van der Waals surface area contributed by atoms with Crippen molar-refractivity contribution in [1.29, 1.82) is 5.26 Å². The smallest absolute Gasteiger partial charge is 0.322 e. The van der Waals surface area contributed by atoms with E-state index in [1.54, 1.807) is 13.0 Å². The van der Waals surface area contributed by atoms with Crippen LogP contribution in [0, 0.1) is 17.2 Å². The third-order valence-corrected chi connectivity index (χ3v) is 5.23. The first kappa shape index (κ1) is 14.4. The number of nitriles is 1. The van der Waals surface area contributed by atoms with E-state index >= 15 is 0 Å². The Morgan fingerprint density at radius 1 is 1.55 bits per heavy atom. The number of pyridine rings is 1. The van der Waals surface area contributed by atoms with Crippen molar-refractivity contribution in [1.82, 2.24) is 9.29 Å². The molecule has 2 atom stereocenters. The third-order valence-electron chi connectivity index (χ3n) is 3.36. The van der Waals surface area contributed by atoms with Crippen molar-refractivity contribution in [2.24, 2.45) is 5.92 Å². The normalized spacial score (nSPS) is 23.4. The molecule has 1 aromatic rings. The summed E-state index contributed by atoms with van der Waals surface area (Å²) < 4.78 is 25.9. The minimum absolute atomic E-state index is 0.100. The highest BCUT2D eigenvalue weighted by atomic mass is 32.2. The van der Waals surface area contributed by atoms with Crippen LogP contribution in [-0.2, 0) is 14.8 Å². The zero-order valence-corrected chi connectivity index (χ0v) is 11.5. The maximum atomic E-state index is 12.4. The lowest BCUT2D eigenvalue weighted by atomic mass is 10.0. The molecule has 0 saturated carbocycles. The number of hydrogen-bond donors (Lipinski definition) is 1. The average Bonchev–Trinajstić information content (AvgIpc) is 2.81. The Kier molecular flexibility index (Phi) is 3.74. The van der Waals surface area contributed by atoms with E-state index in [-0.39, 0.29) is 23.1 Å². The molecule has 0 spiro atoms. The van der Waals surface area contributed by atoms with Gasteiger partial charge in [0.05, 0.1) is 0 Å². The fraction of sp³-hybridized carbons (Fsp3) is 0.417. The van der Waals surface area contributed by atoms with Crippen LogP contribution < -0.4 is 0 Å². The second-order valence-electron chi connectivity index (χ2n) is 4.66. The number of carboxylic acids is 1. The number of sulfonamides is 1. The summed E-state index contributed by atoms with van der Waals surface area (Å²) in [5.74, 6) is -1.39. The molecular weight excluding hydrogens is 282 g/mol. The highest BCUT2D eigenvalue weighted by Crippen LogP contribution is 2.30. The van der Waals surface area contributed by atoms with Crippen molar-refractivity contribution >= 4 is 16.0 Å². The van der Waals surface area contributed by atoms with Gasteiger partial charge < -0.3 is 5.11 Å². The van der Waals surface area contributed by atoms with Gasteiger partial charge in [-0.15, -0.1) is 0 Å². The predicted molar refractivity (Wildman–Crippen MR) is 68.0 cm³/mol. The molecule has 0 amide bonds. The third kappa shape index (κ3) is 2.37. The van der Waals surface area contributed by atoms with Crippen LogP contribution in [0.5, 0.6) is 0 Å². The van der Waals surface area contributed by atoms with Crippen molar-refractivity contribution in [2.75, 3.05) is 6.54 Å². The molecule has 1 aliphatic heterocycles. The Bertz CT molecular complexity index is 663. The van der Waals surface area contributed by atoms with E-state index in [4.69, 9.17) is 5.26 Å². The van der Waals surface area contributed by atoms with Crippen molar-refractivity contribution in [3.63, 3.8) is 0 Å². The van der Waals surface area contributed by atoms with Gasteiger partial charge in [0.2, 0.25) is 10.0 Å². The maximum absolute atomic E-state index is 12.4. The van der Waals surface area contributed by atoms with Crippen molar-refractivity contribution in [3.8, 4) is 6.07 Å². The minimum Gasteiger partial charge on any atom is -0.480 e. The zero-order chi connectivity index (χ0) is 14.9. The number of rotatable bonds is 3. The summed E-state index contributed by atoms with van der Waals surface area (Å²) in [5.41, 5.74) is 0.105. The van der Waals surface area contributed by atoms with Gasteiger partial charge in [-0.3, -0.25) is 4.79 Å². The molecular formula is C12H13N3O4S. The second-order valence-corrected chi connectivity index (χ2v) is 6.55. The van der Waals surface area contributed by atoms with Gasteiger partial charge in [0.1, 0.15) is 22.7 Å². The maximum Gasteiger partial charge on any atom is 0.322 e. The fourth-order valence-corrected chi connectivity index (χ4v) is 3.92. The van der Waals surface area contributed by atoms with Gasteiger partial charge in [0.25, 0.3) is 0 Å². The van der Waals surface area contributed by atoms with E-state index in [9.17, 15) is 18.3 Å². The summed E-state index contributed by atoms with van der Waals surface area (Å²) in [6, 6.07) is 3.30. The van der Waals surface area contributed by atoms with Gasteiger partial charge >= 0.3 is 5.97 Å². The molecule has 1 N–H and O–H groups in total. The Balaban J connectivity index is 2.39. The molecule has 2 rings (SSSR count). The molecule has 7 nitrogen and oxygen atoms in total. The van der Waals surface area contributed by atoms with Gasteiger partial charge in [-0.25, -0.2) is 13.4 Å². The molecule has 0 aromatic carbocycles. The molecule has 0 bridgehead atoms. The van der Waals surface area contributed by atoms with Gasteiger partial charge in [0, 0.05) is 12.7 Å². The molecule has 1 fully saturated rings. The standard InChI is InChI=1S/C12H13N3O4S/c1-8-4-5-15(11(8)12(16)17)20(18,19)10-3-2-9(6-13)14-7-10/h2-3,7-8,11H,4-5H2,1H3,(H,16,17). The van der Waals surface area contributed by atoms with E-state index < -0.39 is 22.0 Å². The number of hydrogen-bond acceptors (Lipinski definition) is 5. The summed E-state index contributed by atoms with van der Waals surface area (Å²) in [6.45, 7) is 1.88. The first-order chi connectivity index (χ1) is 9.37. The number of carbonyl (C=O) groups is 1. The van der Waals surface area contributed by atoms with Crippen LogP contribution >= 0.6 is 0 Å². The van der Waals surface area contributed by atoms with E-state index in [1.807, 2.05) is 0 Å². The number of aromatic nitrogens is 1. The molecule has 1 saturated heterocycles. The number of carboxylic acid groups (broad SMARTS) is 1. The van der Waals surface area contributed by atoms with E-state index in [2.05, 4.69) is 4.98 Å². The van der Waals surface area contributed by atoms with Gasteiger partial charge in [-0.1, -0.05) is 6.92 Å². The SMILES string of the molecule is CC1CCN(S(=O)(=O)c2ccc(C#N)nc2)C1C(=O)O. The first-order valence-corrected chi connectivity index (χ1v) is 7.42. The van der Waals surface area contributed by atoms with Gasteiger partial charge in [-0.05, 0) is 24.5 Å². The lowest BCUT2D eigenvalue weighted by Crippen LogP contribution is -2.42. The zero-order valence-electron chi connectivity index (χ0n) is 10.7. The highest BCUT2D eigenvalue weighted by molar-refractivity contribution is 7.89. The molecule has 0 aliphatic carbocycles. The van der Waals surface area contributed by atoms with Crippen LogP contribution in [-0.4, -0.2) is 41.4 Å². The Morgan fingerprint density at radius 3 is 2.75 bits per heavy atom. The molecule has 1 aliphatic rings. The molecule has 2 unspecified atom stereocenters. The number of aliphatic carboxylic acids is 1. The highest BCUT2D eigenvalue weighted by Gasteiger charge is 2.43. The fourth-order valence-electron chi connectivity index (χ4n) is 2.28. The summed E-state index contributed by atoms with van der Waals surface area (Å²) in [5, 5.41) is 17.8. The first-order valence-electron chi connectivity index (χ1n) is 5.98. The summed E-state index contributed by atoms with van der Waals surface area (Å²) in [4.78, 5) is 14.8. The Morgan fingerprint density at radius 2 is 2.25 bits per heavy atom. The Labute approximate surface area is 116 Å². The molecule has 8 heteroatoms. The number of nitrogens with zero attached hydrogens (tertiary/aromatic N) is 3. The van der Waals surface area contributed by atoms with E-state index in [0.717, 1.165) is 10.5 Å². The minimum atomic E-state index is -3.91. The topological polar surface area (TPSA) is 111 Å². The Hall–Kier alpha value is -1.98. The molecule has 106 valence electrons. The molecule has 20 heavy (non-hydrogen) atoms. The predicted octanol–water partition coefficient (Wildman–Crippen LogP) is 0.437. The van der Waals surface area contributed by atoms with Crippen molar-refractivity contribution in [2.45, 2.75) is 24.3 Å². The van der Waals surface area contributed by atoms with Crippen LogP contribution in [0.25, 0.3) is 0 Å². The van der Waals surface area contributed by atoms with Crippen molar-refractivity contribution in [3.05, 3.63) is 24.0 Å². The van der Waals surface area contributed by atoms with Gasteiger partial charge in [0.15, 0.2) is 0 Å². The van der Waals surface area contributed by atoms with Crippen LogP contribution in [0.3, 0.4) is 0 Å². The lowest BCUT2D eigenvalue weighted by Gasteiger charge is -2.22.